The van der Waals surface area contributed by atoms with E-state index in [1.54, 1.807) is 0 Å². The van der Waals surface area contributed by atoms with Gasteiger partial charge in [0.25, 0.3) is 0 Å². The molecule has 104 valence electrons. The first-order chi connectivity index (χ1) is 7.70. The topological polar surface area (TPSA) is 15.3 Å². The molecule has 0 saturated carbocycles. The number of halogens is 3. The number of rotatable bonds is 2. The molecule has 1 fully saturated rings. The maximum atomic E-state index is 6.30. The van der Waals surface area contributed by atoms with Crippen LogP contribution in [0.1, 0.15) is 24.1 Å². The van der Waals surface area contributed by atoms with E-state index in [1.165, 1.54) is 11.1 Å². The summed E-state index contributed by atoms with van der Waals surface area (Å²) in [7, 11) is 0. The van der Waals surface area contributed by atoms with Gasteiger partial charge in [-0.25, -0.2) is 0 Å². The summed E-state index contributed by atoms with van der Waals surface area (Å²) in [5.41, 5.74) is 2.57. The largest absolute Gasteiger partial charge is 0.314 e. The first-order valence-corrected chi connectivity index (χ1v) is 6.27. The van der Waals surface area contributed by atoms with Crippen molar-refractivity contribution in [2.75, 3.05) is 26.2 Å². The van der Waals surface area contributed by atoms with Gasteiger partial charge in [-0.2, -0.15) is 0 Å². The monoisotopic (exact) mass is 310 g/mol. The lowest BCUT2D eigenvalue weighted by Gasteiger charge is -2.34. The summed E-state index contributed by atoms with van der Waals surface area (Å²) in [4.78, 5) is 2.49. The van der Waals surface area contributed by atoms with Crippen LogP contribution in [0.4, 0.5) is 0 Å². The Kier molecular flexibility index (Phi) is 8.24. The van der Waals surface area contributed by atoms with Crippen molar-refractivity contribution >= 4 is 36.4 Å². The van der Waals surface area contributed by atoms with Crippen LogP contribution in [0.15, 0.2) is 18.2 Å². The minimum absolute atomic E-state index is 0. The second-order valence-electron chi connectivity index (χ2n) is 4.43. The highest BCUT2D eigenvalue weighted by atomic mass is 35.5. The molecule has 1 N–H and O–H groups in total. The average molecular weight is 312 g/mol. The summed E-state index contributed by atoms with van der Waals surface area (Å²) in [5.74, 6) is 0. The first-order valence-electron chi connectivity index (χ1n) is 5.90. The molecule has 2 rings (SSSR count). The third-order valence-electron chi connectivity index (χ3n) is 3.39. The number of hydrogen-bond acceptors (Lipinski definition) is 2. The van der Waals surface area contributed by atoms with Gasteiger partial charge in [-0.15, -0.1) is 24.8 Å². The van der Waals surface area contributed by atoms with Gasteiger partial charge < -0.3 is 5.32 Å². The molecular formula is C13H21Cl3N2. The molecule has 0 aliphatic carbocycles. The van der Waals surface area contributed by atoms with Crippen LogP contribution in [0.5, 0.6) is 0 Å². The van der Waals surface area contributed by atoms with E-state index in [0.717, 1.165) is 31.2 Å². The standard InChI is InChI=1S/C13H19ClN2.2ClH/c1-10-4-3-5-12(14)13(10)11(2)16-8-6-15-7-9-16;;/h3-5,11,15H,6-9H2,1-2H3;2*1H/t11-;;/m0../s1. The maximum Gasteiger partial charge on any atom is 0.0456 e. The lowest BCUT2D eigenvalue weighted by molar-refractivity contribution is 0.185. The third kappa shape index (κ3) is 4.01. The quantitative estimate of drug-likeness (QED) is 0.900. The Morgan fingerprint density at radius 1 is 1.22 bits per heavy atom. The Morgan fingerprint density at radius 3 is 2.39 bits per heavy atom. The van der Waals surface area contributed by atoms with Crippen LogP contribution in [0.2, 0.25) is 5.02 Å². The number of aryl methyl sites for hydroxylation is 1. The zero-order valence-corrected chi connectivity index (χ0v) is 13.2. The molecule has 0 amide bonds. The Balaban J connectivity index is 0.00000144. The van der Waals surface area contributed by atoms with Crippen molar-refractivity contribution in [3.8, 4) is 0 Å². The van der Waals surface area contributed by atoms with E-state index in [9.17, 15) is 0 Å². The van der Waals surface area contributed by atoms with E-state index in [0.29, 0.717) is 6.04 Å². The molecule has 0 aromatic heterocycles. The molecule has 5 heteroatoms. The molecule has 18 heavy (non-hydrogen) atoms. The summed E-state index contributed by atoms with van der Waals surface area (Å²) in [5, 5.41) is 4.27. The van der Waals surface area contributed by atoms with Gasteiger partial charge in [0.15, 0.2) is 0 Å². The van der Waals surface area contributed by atoms with Crippen LogP contribution in [-0.2, 0) is 0 Å². The lowest BCUT2D eigenvalue weighted by atomic mass is 10.0. The number of nitrogens with one attached hydrogen (secondary N) is 1. The van der Waals surface area contributed by atoms with Crippen LogP contribution < -0.4 is 5.32 Å². The van der Waals surface area contributed by atoms with Gasteiger partial charge in [-0.05, 0) is 31.0 Å². The van der Waals surface area contributed by atoms with Gasteiger partial charge in [0.1, 0.15) is 0 Å². The van der Waals surface area contributed by atoms with Crippen LogP contribution in [0.3, 0.4) is 0 Å². The van der Waals surface area contributed by atoms with Crippen molar-refractivity contribution in [2.45, 2.75) is 19.9 Å². The van der Waals surface area contributed by atoms with Gasteiger partial charge in [-0.3, -0.25) is 4.90 Å². The molecule has 1 atom stereocenters. The van der Waals surface area contributed by atoms with Crippen LogP contribution >= 0.6 is 36.4 Å². The third-order valence-corrected chi connectivity index (χ3v) is 3.72. The Bertz CT molecular complexity index is 345. The SMILES string of the molecule is Cc1cccc(Cl)c1[C@H](C)N1CCNCC1.Cl.Cl. The fourth-order valence-electron chi connectivity index (χ4n) is 2.43. The highest BCUT2D eigenvalue weighted by Crippen LogP contribution is 2.30. The van der Waals surface area contributed by atoms with Gasteiger partial charge >= 0.3 is 0 Å². The lowest BCUT2D eigenvalue weighted by Crippen LogP contribution is -2.44. The molecule has 0 bridgehead atoms. The van der Waals surface area contributed by atoms with Gasteiger partial charge in [0, 0.05) is 37.2 Å². The fraction of sp³-hybridized carbons (Fsp3) is 0.538. The summed E-state index contributed by atoms with van der Waals surface area (Å²) in [6.07, 6.45) is 0. The van der Waals surface area contributed by atoms with E-state index in [-0.39, 0.29) is 24.8 Å². The Hall–Kier alpha value is 0.01000. The highest BCUT2D eigenvalue weighted by Gasteiger charge is 2.20. The van der Waals surface area contributed by atoms with Crippen molar-refractivity contribution < 1.29 is 0 Å². The van der Waals surface area contributed by atoms with Crippen LogP contribution in [0, 0.1) is 6.92 Å². The molecule has 0 radical (unpaired) electrons. The number of nitrogens with zero attached hydrogens (tertiary/aromatic N) is 1. The second kappa shape index (κ2) is 8.23. The number of piperazine rings is 1. The number of benzene rings is 1. The molecule has 1 aliphatic rings. The molecule has 1 saturated heterocycles. The van der Waals surface area contributed by atoms with Crippen LogP contribution in [-0.4, -0.2) is 31.1 Å². The smallest absolute Gasteiger partial charge is 0.0456 e. The molecule has 0 spiro atoms. The van der Waals surface area contributed by atoms with E-state index < -0.39 is 0 Å². The molecule has 1 heterocycles. The molecule has 0 unspecified atom stereocenters. The zero-order valence-electron chi connectivity index (χ0n) is 10.8. The van der Waals surface area contributed by atoms with E-state index >= 15 is 0 Å². The van der Waals surface area contributed by atoms with Crippen molar-refractivity contribution in [2.24, 2.45) is 0 Å². The van der Waals surface area contributed by atoms with Gasteiger partial charge in [0.2, 0.25) is 0 Å². The average Bonchev–Trinajstić information content (AvgIpc) is 2.30. The van der Waals surface area contributed by atoms with E-state index in [1.807, 2.05) is 12.1 Å². The zero-order chi connectivity index (χ0) is 11.5. The van der Waals surface area contributed by atoms with Crippen LogP contribution in [0.25, 0.3) is 0 Å². The van der Waals surface area contributed by atoms with Crippen molar-refractivity contribution in [3.05, 3.63) is 34.3 Å². The molecular weight excluding hydrogens is 291 g/mol. The summed E-state index contributed by atoms with van der Waals surface area (Å²) in [6, 6.07) is 6.56. The number of hydrogen-bond donors (Lipinski definition) is 1. The normalized spacial score (nSPS) is 17.5. The minimum atomic E-state index is 0. The van der Waals surface area contributed by atoms with Crippen molar-refractivity contribution in [1.82, 2.24) is 10.2 Å². The molecule has 1 aromatic rings. The molecule has 1 aliphatic heterocycles. The second-order valence-corrected chi connectivity index (χ2v) is 4.84. The minimum Gasteiger partial charge on any atom is -0.314 e. The Morgan fingerprint density at radius 2 is 1.83 bits per heavy atom. The maximum absolute atomic E-state index is 6.30. The van der Waals surface area contributed by atoms with Crippen molar-refractivity contribution in [1.29, 1.82) is 0 Å². The van der Waals surface area contributed by atoms with Gasteiger partial charge in [0.05, 0.1) is 0 Å². The fourth-order valence-corrected chi connectivity index (χ4v) is 2.81. The summed E-state index contributed by atoms with van der Waals surface area (Å²) < 4.78 is 0. The summed E-state index contributed by atoms with van der Waals surface area (Å²) in [6.45, 7) is 8.75. The van der Waals surface area contributed by atoms with Crippen molar-refractivity contribution in [3.63, 3.8) is 0 Å². The summed E-state index contributed by atoms with van der Waals surface area (Å²) >= 11 is 6.30. The first kappa shape index (κ1) is 18.0. The van der Waals surface area contributed by atoms with E-state index in [4.69, 9.17) is 11.6 Å². The van der Waals surface area contributed by atoms with E-state index in [2.05, 4.69) is 30.1 Å². The van der Waals surface area contributed by atoms with Gasteiger partial charge in [-0.1, -0.05) is 23.7 Å². The predicted molar refractivity (Wildman–Crippen MR) is 83.5 cm³/mol. The Labute approximate surface area is 127 Å². The molecule has 1 aromatic carbocycles. The predicted octanol–water partition coefficient (Wildman–Crippen LogP) is 3.46. The molecule has 2 nitrogen and oxygen atoms in total. The highest BCUT2D eigenvalue weighted by molar-refractivity contribution is 6.31.